The van der Waals surface area contributed by atoms with E-state index in [1.165, 1.54) is 6.33 Å². The molecule has 0 radical (unpaired) electrons. The molecule has 1 fully saturated rings. The molecule has 0 spiro atoms. The number of hydrogen-bond donors (Lipinski definition) is 1. The second kappa shape index (κ2) is 7.16. The predicted molar refractivity (Wildman–Crippen MR) is 106 cm³/mol. The highest BCUT2D eigenvalue weighted by molar-refractivity contribution is 5.92. The Morgan fingerprint density at radius 3 is 2.63 bits per heavy atom. The van der Waals surface area contributed by atoms with Crippen LogP contribution in [0.3, 0.4) is 0 Å². The summed E-state index contributed by atoms with van der Waals surface area (Å²) in [5, 5.41) is 15.5. The van der Waals surface area contributed by atoms with Crippen LogP contribution in [0.4, 0.5) is 22.9 Å². The van der Waals surface area contributed by atoms with Crippen molar-refractivity contribution in [2.75, 3.05) is 43.4 Å². The fourth-order valence-corrected chi connectivity index (χ4v) is 3.29. The average molecular weight is 364 g/mol. The summed E-state index contributed by atoms with van der Waals surface area (Å²) in [6.45, 7) is 3.64. The first-order valence-electron chi connectivity index (χ1n) is 8.80. The zero-order valence-electron chi connectivity index (χ0n) is 15.0. The van der Waals surface area contributed by atoms with Gasteiger partial charge in [0, 0.05) is 43.7 Å². The molecule has 27 heavy (non-hydrogen) atoms. The van der Waals surface area contributed by atoms with Crippen molar-refractivity contribution in [2.45, 2.75) is 0 Å². The van der Waals surface area contributed by atoms with Gasteiger partial charge in [0.05, 0.1) is 21.8 Å². The summed E-state index contributed by atoms with van der Waals surface area (Å²) in [5.74, 6) is 0.636. The Bertz CT molecular complexity index is 980. The number of rotatable bonds is 4. The average Bonchev–Trinajstić information content (AvgIpc) is 2.69. The number of nitrogens with one attached hydrogen (secondary N) is 1. The lowest BCUT2D eigenvalue weighted by atomic mass is 10.1. The number of fused-ring (bicyclic) bond motifs is 1. The maximum atomic E-state index is 11.3. The number of aromatic nitrogens is 2. The maximum Gasteiger partial charge on any atom is 0.271 e. The Morgan fingerprint density at radius 1 is 1.07 bits per heavy atom. The molecular formula is C19H20N6O2. The first-order chi connectivity index (χ1) is 13.1. The van der Waals surface area contributed by atoms with Crippen molar-refractivity contribution in [2.24, 2.45) is 0 Å². The van der Waals surface area contributed by atoms with E-state index in [0.717, 1.165) is 42.8 Å². The number of hydrogen-bond acceptors (Lipinski definition) is 7. The molecule has 2 aromatic carbocycles. The molecule has 0 aliphatic carbocycles. The van der Waals surface area contributed by atoms with Crippen LogP contribution < -0.4 is 10.2 Å². The normalized spacial score (nSPS) is 15.1. The summed E-state index contributed by atoms with van der Waals surface area (Å²) in [6, 6.07) is 12.6. The van der Waals surface area contributed by atoms with Crippen LogP contribution >= 0.6 is 0 Å². The van der Waals surface area contributed by atoms with E-state index in [-0.39, 0.29) is 10.6 Å². The van der Waals surface area contributed by atoms with Gasteiger partial charge in [-0.3, -0.25) is 10.1 Å². The molecule has 0 amide bonds. The smallest absolute Gasteiger partial charge is 0.271 e. The van der Waals surface area contributed by atoms with Gasteiger partial charge in [0.15, 0.2) is 0 Å². The van der Waals surface area contributed by atoms with Crippen LogP contribution in [0.5, 0.6) is 0 Å². The zero-order chi connectivity index (χ0) is 18.8. The first kappa shape index (κ1) is 17.2. The van der Waals surface area contributed by atoms with Crippen LogP contribution in [0.15, 0.2) is 48.8 Å². The van der Waals surface area contributed by atoms with Crippen molar-refractivity contribution >= 4 is 33.8 Å². The number of piperazine rings is 1. The van der Waals surface area contributed by atoms with Gasteiger partial charge in [0.1, 0.15) is 12.1 Å². The van der Waals surface area contributed by atoms with Gasteiger partial charge in [0.25, 0.3) is 5.69 Å². The topological polar surface area (TPSA) is 87.4 Å². The number of nitro benzene ring substituents is 1. The van der Waals surface area contributed by atoms with Crippen molar-refractivity contribution in [3.63, 3.8) is 0 Å². The molecule has 1 aromatic heterocycles. The molecule has 0 bridgehead atoms. The fraction of sp³-hybridized carbons (Fsp3) is 0.263. The minimum absolute atomic E-state index is 0.0498. The molecule has 8 heteroatoms. The van der Waals surface area contributed by atoms with Crippen molar-refractivity contribution in [1.29, 1.82) is 0 Å². The van der Waals surface area contributed by atoms with E-state index in [4.69, 9.17) is 0 Å². The van der Waals surface area contributed by atoms with Gasteiger partial charge in [-0.1, -0.05) is 12.1 Å². The Hall–Kier alpha value is -3.26. The summed E-state index contributed by atoms with van der Waals surface area (Å²) in [5.41, 5.74) is 2.49. The molecule has 4 rings (SSSR count). The van der Waals surface area contributed by atoms with Crippen LogP contribution in [-0.2, 0) is 0 Å². The highest BCUT2D eigenvalue weighted by atomic mass is 16.6. The highest BCUT2D eigenvalue weighted by Gasteiger charge is 2.20. The molecule has 1 saturated heterocycles. The van der Waals surface area contributed by atoms with Gasteiger partial charge >= 0.3 is 0 Å². The van der Waals surface area contributed by atoms with Crippen molar-refractivity contribution in [3.8, 4) is 0 Å². The molecule has 0 atom stereocenters. The van der Waals surface area contributed by atoms with Crippen molar-refractivity contribution in [3.05, 3.63) is 58.9 Å². The van der Waals surface area contributed by atoms with Gasteiger partial charge in [-0.05, 0) is 25.2 Å². The standard InChI is InChI=1S/C19H20N6O2/c1-23-8-10-24(11-9-23)18-7-6-14(25(26)27)12-17(18)22-19-15-4-2-3-5-16(15)20-13-21-19/h2-7,12-13H,8-11H2,1H3,(H,20,21,22). The molecule has 138 valence electrons. The fourth-order valence-electron chi connectivity index (χ4n) is 3.29. The number of para-hydroxylation sites is 1. The summed E-state index contributed by atoms with van der Waals surface area (Å²) < 4.78 is 0. The van der Waals surface area contributed by atoms with Gasteiger partial charge in [-0.25, -0.2) is 9.97 Å². The highest BCUT2D eigenvalue weighted by Crippen LogP contribution is 2.34. The van der Waals surface area contributed by atoms with E-state index >= 15 is 0 Å². The third-order valence-electron chi connectivity index (χ3n) is 4.83. The largest absolute Gasteiger partial charge is 0.367 e. The van der Waals surface area contributed by atoms with Gasteiger partial charge in [-0.15, -0.1) is 0 Å². The number of nitrogens with zero attached hydrogens (tertiary/aromatic N) is 5. The third-order valence-corrected chi connectivity index (χ3v) is 4.83. The molecular weight excluding hydrogens is 344 g/mol. The number of benzene rings is 2. The Balaban J connectivity index is 1.75. The third kappa shape index (κ3) is 3.52. The minimum Gasteiger partial charge on any atom is -0.367 e. The summed E-state index contributed by atoms with van der Waals surface area (Å²) in [7, 11) is 2.10. The lowest BCUT2D eigenvalue weighted by Gasteiger charge is -2.35. The van der Waals surface area contributed by atoms with Gasteiger partial charge in [0.2, 0.25) is 0 Å². The van der Waals surface area contributed by atoms with E-state index in [9.17, 15) is 10.1 Å². The molecule has 1 aliphatic heterocycles. The number of likely N-dealkylation sites (N-methyl/N-ethyl adjacent to an activating group) is 1. The van der Waals surface area contributed by atoms with Crippen LogP contribution in [0, 0.1) is 10.1 Å². The molecule has 1 N–H and O–H groups in total. The number of anilines is 3. The first-order valence-corrected chi connectivity index (χ1v) is 8.80. The van der Waals surface area contributed by atoms with Crippen LogP contribution in [-0.4, -0.2) is 53.0 Å². The van der Waals surface area contributed by atoms with E-state index < -0.39 is 0 Å². The minimum atomic E-state index is -0.378. The Kier molecular flexibility index (Phi) is 4.55. The van der Waals surface area contributed by atoms with Crippen molar-refractivity contribution < 1.29 is 4.92 Å². The van der Waals surface area contributed by atoms with Crippen LogP contribution in [0.2, 0.25) is 0 Å². The molecule has 1 aliphatic rings. The molecule has 2 heterocycles. The number of non-ortho nitro benzene ring substituents is 1. The SMILES string of the molecule is CN1CCN(c2ccc([N+](=O)[O-])cc2Nc2ncnc3ccccc23)CC1. The molecule has 0 unspecified atom stereocenters. The number of nitro groups is 1. The summed E-state index contributed by atoms with van der Waals surface area (Å²) >= 11 is 0. The lowest BCUT2D eigenvalue weighted by Crippen LogP contribution is -2.44. The second-order valence-corrected chi connectivity index (χ2v) is 6.61. The second-order valence-electron chi connectivity index (χ2n) is 6.61. The quantitative estimate of drug-likeness (QED) is 0.562. The van der Waals surface area contributed by atoms with Crippen LogP contribution in [0.25, 0.3) is 10.9 Å². The lowest BCUT2D eigenvalue weighted by molar-refractivity contribution is -0.384. The van der Waals surface area contributed by atoms with Crippen molar-refractivity contribution in [1.82, 2.24) is 14.9 Å². The van der Waals surface area contributed by atoms with E-state index in [1.807, 2.05) is 30.3 Å². The van der Waals surface area contributed by atoms with E-state index in [2.05, 4.69) is 32.1 Å². The monoisotopic (exact) mass is 364 g/mol. The zero-order valence-corrected chi connectivity index (χ0v) is 15.0. The van der Waals surface area contributed by atoms with E-state index in [1.54, 1.807) is 12.1 Å². The van der Waals surface area contributed by atoms with Gasteiger partial charge in [-0.2, -0.15) is 0 Å². The Labute approximate surface area is 156 Å². The maximum absolute atomic E-state index is 11.3. The molecule has 8 nitrogen and oxygen atoms in total. The van der Waals surface area contributed by atoms with E-state index in [0.29, 0.717) is 11.5 Å². The molecule has 0 saturated carbocycles. The molecule has 3 aromatic rings. The Morgan fingerprint density at radius 2 is 1.85 bits per heavy atom. The summed E-state index contributed by atoms with van der Waals surface area (Å²) in [6.07, 6.45) is 1.50. The van der Waals surface area contributed by atoms with Gasteiger partial charge < -0.3 is 15.1 Å². The summed E-state index contributed by atoms with van der Waals surface area (Å²) in [4.78, 5) is 24.0. The van der Waals surface area contributed by atoms with Crippen LogP contribution in [0.1, 0.15) is 0 Å². The predicted octanol–water partition coefficient (Wildman–Crippen LogP) is 3.03.